The fourth-order valence-electron chi connectivity index (χ4n) is 4.34. The Kier molecular flexibility index (Phi) is 10.6. The highest BCUT2D eigenvalue weighted by molar-refractivity contribution is 5.80. The van der Waals surface area contributed by atoms with E-state index in [2.05, 4.69) is 53.6 Å². The Labute approximate surface area is 188 Å². The maximum Gasteiger partial charge on any atom is 0.191 e. The molecular weight excluding hydrogens is 388 g/mol. The molecule has 3 rings (SSSR count). The van der Waals surface area contributed by atoms with Gasteiger partial charge in [0.2, 0.25) is 0 Å². The largest absolute Gasteiger partial charge is 0.381 e. The zero-order valence-corrected chi connectivity index (χ0v) is 19.6. The molecule has 0 radical (unpaired) electrons. The fourth-order valence-corrected chi connectivity index (χ4v) is 4.34. The molecule has 2 saturated heterocycles. The van der Waals surface area contributed by atoms with Crippen molar-refractivity contribution in [3.63, 3.8) is 0 Å². The van der Waals surface area contributed by atoms with Crippen molar-refractivity contribution < 1.29 is 9.47 Å². The van der Waals surface area contributed by atoms with Gasteiger partial charge in [0.25, 0.3) is 0 Å². The van der Waals surface area contributed by atoms with Crippen LogP contribution in [-0.4, -0.2) is 69.5 Å². The Hall–Kier alpha value is -1.63. The minimum atomic E-state index is 0.497. The highest BCUT2D eigenvalue weighted by Gasteiger charge is 2.20. The second kappa shape index (κ2) is 13.7. The third kappa shape index (κ3) is 9.17. The predicted molar refractivity (Wildman–Crippen MR) is 128 cm³/mol. The molecule has 0 bridgehead atoms. The van der Waals surface area contributed by atoms with Crippen molar-refractivity contribution in [1.82, 2.24) is 15.5 Å². The van der Waals surface area contributed by atoms with Gasteiger partial charge in [-0.2, -0.15) is 0 Å². The third-order valence-electron chi connectivity index (χ3n) is 6.17. The lowest BCUT2D eigenvalue weighted by molar-refractivity contribution is 0.0205. The summed E-state index contributed by atoms with van der Waals surface area (Å²) in [6.45, 7) is 12.7. The van der Waals surface area contributed by atoms with E-state index in [-0.39, 0.29) is 0 Å². The molecule has 6 heteroatoms. The SMILES string of the molecule is CCNC(=NCCCOCC1CCOCC1)NC1CCN(Cc2cccc(C)c2)CC1. The van der Waals surface area contributed by atoms with Crippen LogP contribution in [0.25, 0.3) is 0 Å². The molecule has 2 aliphatic rings. The third-order valence-corrected chi connectivity index (χ3v) is 6.17. The van der Waals surface area contributed by atoms with Gasteiger partial charge in [0, 0.05) is 65.2 Å². The van der Waals surface area contributed by atoms with Gasteiger partial charge in [0.1, 0.15) is 0 Å². The molecule has 0 unspecified atom stereocenters. The minimum absolute atomic E-state index is 0.497. The zero-order valence-electron chi connectivity index (χ0n) is 19.6. The number of guanidine groups is 1. The van der Waals surface area contributed by atoms with E-state index in [0.29, 0.717) is 12.0 Å². The number of hydrogen-bond donors (Lipinski definition) is 2. The molecule has 0 aromatic heterocycles. The normalized spacial score (nSPS) is 19.5. The first kappa shape index (κ1) is 24.0. The van der Waals surface area contributed by atoms with Crippen LogP contribution in [0.15, 0.2) is 29.3 Å². The summed E-state index contributed by atoms with van der Waals surface area (Å²) in [5, 5.41) is 7.05. The minimum Gasteiger partial charge on any atom is -0.381 e. The number of likely N-dealkylation sites (tertiary alicyclic amines) is 1. The van der Waals surface area contributed by atoms with Crippen LogP contribution < -0.4 is 10.6 Å². The van der Waals surface area contributed by atoms with Gasteiger partial charge in [-0.1, -0.05) is 29.8 Å². The highest BCUT2D eigenvalue weighted by atomic mass is 16.5. The molecule has 2 fully saturated rings. The molecule has 1 aromatic rings. The lowest BCUT2D eigenvalue weighted by Crippen LogP contribution is -2.48. The average Bonchev–Trinajstić information content (AvgIpc) is 2.78. The Balaban J connectivity index is 1.31. The van der Waals surface area contributed by atoms with Gasteiger partial charge in [0.05, 0.1) is 0 Å². The summed E-state index contributed by atoms with van der Waals surface area (Å²) in [4.78, 5) is 7.33. The van der Waals surface area contributed by atoms with Crippen molar-refractivity contribution in [2.24, 2.45) is 10.9 Å². The number of rotatable bonds is 10. The number of aliphatic imine (C=N–C) groups is 1. The van der Waals surface area contributed by atoms with Gasteiger partial charge in [-0.3, -0.25) is 9.89 Å². The van der Waals surface area contributed by atoms with Gasteiger partial charge < -0.3 is 20.1 Å². The van der Waals surface area contributed by atoms with Crippen LogP contribution in [0, 0.1) is 12.8 Å². The van der Waals surface area contributed by atoms with Crippen LogP contribution in [0.4, 0.5) is 0 Å². The molecule has 2 N–H and O–H groups in total. The second-order valence-corrected chi connectivity index (χ2v) is 8.93. The lowest BCUT2D eigenvalue weighted by Gasteiger charge is -2.33. The number of piperidine rings is 1. The van der Waals surface area contributed by atoms with E-state index < -0.39 is 0 Å². The van der Waals surface area contributed by atoms with Gasteiger partial charge in [0.15, 0.2) is 5.96 Å². The number of aryl methyl sites for hydroxylation is 1. The molecule has 1 aromatic carbocycles. The molecule has 174 valence electrons. The summed E-state index contributed by atoms with van der Waals surface area (Å²) in [6.07, 6.45) is 5.55. The first-order valence-corrected chi connectivity index (χ1v) is 12.2. The predicted octanol–water partition coefficient (Wildman–Crippen LogP) is 3.35. The first-order valence-electron chi connectivity index (χ1n) is 12.2. The summed E-state index contributed by atoms with van der Waals surface area (Å²) >= 11 is 0. The molecule has 2 heterocycles. The van der Waals surface area contributed by atoms with Crippen molar-refractivity contribution in [3.05, 3.63) is 35.4 Å². The number of hydrogen-bond acceptors (Lipinski definition) is 4. The number of nitrogens with zero attached hydrogens (tertiary/aromatic N) is 2. The van der Waals surface area contributed by atoms with E-state index in [1.807, 2.05) is 0 Å². The van der Waals surface area contributed by atoms with Crippen LogP contribution in [-0.2, 0) is 16.0 Å². The highest BCUT2D eigenvalue weighted by Crippen LogP contribution is 2.15. The maximum absolute atomic E-state index is 5.86. The van der Waals surface area contributed by atoms with Crippen LogP contribution >= 0.6 is 0 Å². The Morgan fingerprint density at radius 2 is 2.00 bits per heavy atom. The fraction of sp³-hybridized carbons (Fsp3) is 0.720. The molecular formula is C25H42N4O2. The van der Waals surface area contributed by atoms with E-state index in [4.69, 9.17) is 14.5 Å². The van der Waals surface area contributed by atoms with Crippen molar-refractivity contribution in [2.45, 2.75) is 58.5 Å². The van der Waals surface area contributed by atoms with Crippen molar-refractivity contribution in [2.75, 3.05) is 52.6 Å². The molecule has 0 atom stereocenters. The summed E-state index contributed by atoms with van der Waals surface area (Å²) in [5.74, 6) is 1.62. The summed E-state index contributed by atoms with van der Waals surface area (Å²) in [7, 11) is 0. The smallest absolute Gasteiger partial charge is 0.191 e. The van der Waals surface area contributed by atoms with Gasteiger partial charge in [-0.05, 0) is 57.4 Å². The molecule has 0 spiro atoms. The molecule has 0 saturated carbocycles. The molecule has 2 aliphatic heterocycles. The van der Waals surface area contributed by atoms with Crippen molar-refractivity contribution >= 4 is 5.96 Å². The summed E-state index contributed by atoms with van der Waals surface area (Å²) in [6, 6.07) is 9.36. The maximum atomic E-state index is 5.86. The Morgan fingerprint density at radius 1 is 1.19 bits per heavy atom. The molecule has 0 aliphatic carbocycles. The van der Waals surface area contributed by atoms with E-state index >= 15 is 0 Å². The Morgan fingerprint density at radius 3 is 2.74 bits per heavy atom. The van der Waals surface area contributed by atoms with Gasteiger partial charge >= 0.3 is 0 Å². The van der Waals surface area contributed by atoms with Crippen molar-refractivity contribution in [3.8, 4) is 0 Å². The van der Waals surface area contributed by atoms with Crippen LogP contribution in [0.3, 0.4) is 0 Å². The molecule has 31 heavy (non-hydrogen) atoms. The number of ether oxygens (including phenoxy) is 2. The van der Waals surface area contributed by atoms with Crippen molar-refractivity contribution in [1.29, 1.82) is 0 Å². The quantitative estimate of drug-likeness (QED) is 0.339. The van der Waals surface area contributed by atoms with Crippen LogP contribution in [0.2, 0.25) is 0 Å². The average molecular weight is 431 g/mol. The van der Waals surface area contributed by atoms with E-state index in [0.717, 1.165) is 97.2 Å². The lowest BCUT2D eigenvalue weighted by atomic mass is 10.0. The molecule has 0 amide bonds. The van der Waals surface area contributed by atoms with Crippen LogP contribution in [0.1, 0.15) is 50.2 Å². The van der Waals surface area contributed by atoms with E-state index in [1.165, 1.54) is 11.1 Å². The zero-order chi connectivity index (χ0) is 21.7. The van der Waals surface area contributed by atoms with Gasteiger partial charge in [-0.15, -0.1) is 0 Å². The summed E-state index contributed by atoms with van der Waals surface area (Å²) < 4.78 is 11.3. The summed E-state index contributed by atoms with van der Waals surface area (Å²) in [5.41, 5.74) is 2.76. The van der Waals surface area contributed by atoms with Crippen LogP contribution in [0.5, 0.6) is 0 Å². The number of nitrogens with one attached hydrogen (secondary N) is 2. The monoisotopic (exact) mass is 430 g/mol. The number of benzene rings is 1. The van der Waals surface area contributed by atoms with E-state index in [9.17, 15) is 0 Å². The topological polar surface area (TPSA) is 58.1 Å². The standard InChI is InChI=1S/C25H42N4O2/c1-3-26-25(27-12-5-15-31-20-22-10-16-30-17-11-22)28-24-8-13-29(14-9-24)19-23-7-4-6-21(2)18-23/h4,6-7,18,22,24H,3,5,8-17,19-20H2,1-2H3,(H2,26,27,28). The van der Waals surface area contributed by atoms with Gasteiger partial charge in [-0.25, -0.2) is 0 Å². The second-order valence-electron chi connectivity index (χ2n) is 8.93. The molecule has 6 nitrogen and oxygen atoms in total. The van der Waals surface area contributed by atoms with E-state index in [1.54, 1.807) is 0 Å². The first-order chi connectivity index (χ1) is 15.2. The Bertz CT molecular complexity index is 653.